The molecule has 0 heterocycles. The smallest absolute Gasteiger partial charge is 0.320 e. The Morgan fingerprint density at radius 3 is 2.72 bits per heavy atom. The monoisotopic (exact) mass is 273 g/mol. The molecule has 0 aliphatic rings. The molecule has 0 amide bonds. The molecule has 0 spiro atoms. The van der Waals surface area contributed by atoms with Crippen molar-refractivity contribution in [2.75, 3.05) is 12.9 Å². The van der Waals surface area contributed by atoms with E-state index in [2.05, 4.69) is 4.72 Å². The van der Waals surface area contributed by atoms with Gasteiger partial charge in [0.15, 0.2) is 5.75 Å². The van der Waals surface area contributed by atoms with Crippen molar-refractivity contribution < 1.29 is 23.1 Å². The average molecular weight is 273 g/mol. The SMILES string of the molecule is COc1cccc(C(C)NS(=O)(=O)CC(=O)O)c1. The van der Waals surface area contributed by atoms with Crippen LogP contribution in [0.4, 0.5) is 0 Å². The molecular formula is C11H15NO5S. The molecule has 0 saturated carbocycles. The first-order chi connectivity index (χ1) is 8.34. The summed E-state index contributed by atoms with van der Waals surface area (Å²) in [6.07, 6.45) is 0. The van der Waals surface area contributed by atoms with Crippen molar-refractivity contribution in [2.45, 2.75) is 13.0 Å². The lowest BCUT2D eigenvalue weighted by Gasteiger charge is -2.14. The number of ether oxygens (including phenoxy) is 1. The molecule has 6 nitrogen and oxygen atoms in total. The van der Waals surface area contributed by atoms with Crippen molar-refractivity contribution in [1.82, 2.24) is 4.72 Å². The molecular weight excluding hydrogens is 258 g/mol. The first kappa shape index (κ1) is 14.5. The van der Waals surface area contributed by atoms with Gasteiger partial charge in [-0.1, -0.05) is 12.1 Å². The minimum atomic E-state index is -3.84. The van der Waals surface area contributed by atoms with Crippen LogP contribution in [-0.2, 0) is 14.8 Å². The van der Waals surface area contributed by atoms with Gasteiger partial charge in [-0.2, -0.15) is 0 Å². The van der Waals surface area contributed by atoms with E-state index in [0.717, 1.165) is 0 Å². The highest BCUT2D eigenvalue weighted by molar-refractivity contribution is 7.90. The molecule has 1 rings (SSSR count). The number of carboxylic acid groups (broad SMARTS) is 1. The minimum absolute atomic E-state index is 0.524. The van der Waals surface area contributed by atoms with Gasteiger partial charge in [0.05, 0.1) is 7.11 Å². The van der Waals surface area contributed by atoms with Crippen LogP contribution >= 0.6 is 0 Å². The number of rotatable bonds is 6. The Balaban J connectivity index is 2.81. The largest absolute Gasteiger partial charge is 0.497 e. The summed E-state index contributed by atoms with van der Waals surface area (Å²) in [7, 11) is -2.33. The molecule has 0 radical (unpaired) electrons. The molecule has 2 N–H and O–H groups in total. The van der Waals surface area contributed by atoms with E-state index in [9.17, 15) is 13.2 Å². The molecule has 1 aromatic rings. The van der Waals surface area contributed by atoms with Crippen LogP contribution in [0.1, 0.15) is 18.5 Å². The second kappa shape index (κ2) is 5.83. The van der Waals surface area contributed by atoms with E-state index >= 15 is 0 Å². The van der Waals surface area contributed by atoms with Gasteiger partial charge in [0.1, 0.15) is 5.75 Å². The molecule has 1 atom stereocenters. The van der Waals surface area contributed by atoms with Gasteiger partial charge in [0.2, 0.25) is 10.0 Å². The van der Waals surface area contributed by atoms with E-state index in [0.29, 0.717) is 11.3 Å². The number of carboxylic acids is 1. The number of aliphatic carboxylic acids is 1. The highest BCUT2D eigenvalue weighted by Gasteiger charge is 2.19. The Labute approximate surface area is 106 Å². The van der Waals surface area contributed by atoms with Crippen LogP contribution in [0, 0.1) is 0 Å². The van der Waals surface area contributed by atoms with Crippen LogP contribution in [0.25, 0.3) is 0 Å². The lowest BCUT2D eigenvalue weighted by Crippen LogP contribution is -2.32. The van der Waals surface area contributed by atoms with Gasteiger partial charge in [-0.3, -0.25) is 4.79 Å². The van der Waals surface area contributed by atoms with Gasteiger partial charge in [-0.25, -0.2) is 13.1 Å². The minimum Gasteiger partial charge on any atom is -0.497 e. The molecule has 0 bridgehead atoms. The van der Waals surface area contributed by atoms with Crippen LogP contribution in [0.15, 0.2) is 24.3 Å². The third-order valence-corrected chi connectivity index (χ3v) is 3.60. The summed E-state index contributed by atoms with van der Waals surface area (Å²) < 4.78 is 30.2. The predicted molar refractivity (Wildman–Crippen MR) is 66.0 cm³/mol. The highest BCUT2D eigenvalue weighted by atomic mass is 32.2. The zero-order chi connectivity index (χ0) is 13.8. The zero-order valence-corrected chi connectivity index (χ0v) is 10.9. The fraction of sp³-hybridized carbons (Fsp3) is 0.364. The maximum Gasteiger partial charge on any atom is 0.320 e. The van der Waals surface area contributed by atoms with E-state index < -0.39 is 27.8 Å². The van der Waals surface area contributed by atoms with Crippen molar-refractivity contribution in [2.24, 2.45) is 0 Å². The quantitative estimate of drug-likeness (QED) is 0.798. The second-order valence-corrected chi connectivity index (χ2v) is 5.52. The summed E-state index contributed by atoms with van der Waals surface area (Å²) in [4.78, 5) is 10.4. The topological polar surface area (TPSA) is 92.7 Å². The van der Waals surface area contributed by atoms with Crippen LogP contribution in [0.2, 0.25) is 0 Å². The third-order valence-electron chi connectivity index (χ3n) is 2.26. The molecule has 0 aliphatic heterocycles. The van der Waals surface area contributed by atoms with Crippen molar-refractivity contribution in [1.29, 1.82) is 0 Å². The number of hydrogen-bond donors (Lipinski definition) is 2. The fourth-order valence-corrected chi connectivity index (χ4v) is 2.54. The first-order valence-corrected chi connectivity index (χ1v) is 6.85. The number of sulfonamides is 1. The molecule has 18 heavy (non-hydrogen) atoms. The Morgan fingerprint density at radius 1 is 1.50 bits per heavy atom. The third kappa shape index (κ3) is 4.34. The molecule has 1 unspecified atom stereocenters. The summed E-state index contributed by atoms with van der Waals surface area (Å²) >= 11 is 0. The first-order valence-electron chi connectivity index (χ1n) is 5.20. The summed E-state index contributed by atoms with van der Waals surface area (Å²) in [6, 6.07) is 6.37. The van der Waals surface area contributed by atoms with Crippen LogP contribution < -0.4 is 9.46 Å². The van der Waals surface area contributed by atoms with Gasteiger partial charge in [0, 0.05) is 6.04 Å². The van der Waals surface area contributed by atoms with Gasteiger partial charge in [-0.15, -0.1) is 0 Å². The maximum absolute atomic E-state index is 11.5. The molecule has 0 aromatic heterocycles. The summed E-state index contributed by atoms with van der Waals surface area (Å²) in [5.41, 5.74) is 0.698. The number of carbonyl (C=O) groups is 1. The van der Waals surface area contributed by atoms with Gasteiger partial charge in [0.25, 0.3) is 0 Å². The summed E-state index contributed by atoms with van der Waals surface area (Å²) in [5, 5.41) is 8.48. The molecule has 0 aliphatic carbocycles. The lowest BCUT2D eigenvalue weighted by molar-refractivity contribution is -0.134. The zero-order valence-electron chi connectivity index (χ0n) is 10.1. The lowest BCUT2D eigenvalue weighted by atomic mass is 10.1. The van der Waals surface area contributed by atoms with E-state index in [1.165, 1.54) is 7.11 Å². The van der Waals surface area contributed by atoms with Crippen LogP contribution in [0.5, 0.6) is 5.75 Å². The van der Waals surface area contributed by atoms with Crippen molar-refractivity contribution in [3.05, 3.63) is 29.8 Å². The van der Waals surface area contributed by atoms with Gasteiger partial charge >= 0.3 is 5.97 Å². The summed E-state index contributed by atoms with van der Waals surface area (Å²) in [5.74, 6) is -1.72. The van der Waals surface area contributed by atoms with Crippen LogP contribution in [0.3, 0.4) is 0 Å². The van der Waals surface area contributed by atoms with E-state index in [1.807, 2.05) is 0 Å². The molecule has 0 fully saturated rings. The number of methoxy groups -OCH3 is 1. The molecule has 100 valence electrons. The Hall–Kier alpha value is -1.60. The van der Waals surface area contributed by atoms with Crippen LogP contribution in [-0.4, -0.2) is 32.4 Å². The summed E-state index contributed by atoms with van der Waals surface area (Å²) in [6.45, 7) is 1.63. The number of nitrogens with one attached hydrogen (secondary N) is 1. The second-order valence-electron chi connectivity index (χ2n) is 3.77. The number of hydrogen-bond acceptors (Lipinski definition) is 4. The van der Waals surface area contributed by atoms with E-state index in [4.69, 9.17) is 9.84 Å². The van der Waals surface area contributed by atoms with E-state index in [1.54, 1.807) is 31.2 Å². The standard InChI is InChI=1S/C11H15NO5S/c1-8(12-18(15,16)7-11(13)14)9-4-3-5-10(6-9)17-2/h3-6,8,12H,7H2,1-2H3,(H,13,14). The Bertz CT molecular complexity index is 526. The molecule has 7 heteroatoms. The maximum atomic E-state index is 11.5. The van der Waals surface area contributed by atoms with Crippen molar-refractivity contribution >= 4 is 16.0 Å². The van der Waals surface area contributed by atoms with Crippen molar-refractivity contribution in [3.63, 3.8) is 0 Å². The molecule has 0 saturated heterocycles. The van der Waals surface area contributed by atoms with Gasteiger partial charge in [-0.05, 0) is 24.6 Å². The van der Waals surface area contributed by atoms with Gasteiger partial charge < -0.3 is 9.84 Å². The highest BCUT2D eigenvalue weighted by Crippen LogP contribution is 2.19. The Morgan fingerprint density at radius 2 is 2.17 bits per heavy atom. The predicted octanol–water partition coefficient (Wildman–Crippen LogP) is 0.760. The average Bonchev–Trinajstić information content (AvgIpc) is 2.26. The number of benzene rings is 1. The fourth-order valence-electron chi connectivity index (χ4n) is 1.45. The van der Waals surface area contributed by atoms with E-state index in [-0.39, 0.29) is 0 Å². The normalized spacial score (nSPS) is 13.0. The van der Waals surface area contributed by atoms with Crippen molar-refractivity contribution in [3.8, 4) is 5.75 Å². The Kier molecular flexibility index (Phi) is 4.69. The molecule has 1 aromatic carbocycles.